The average Bonchev–Trinajstić information content (AvgIpc) is 2.10. The Kier molecular flexibility index (Phi) is 5.33. The number of hydrogen-bond acceptors (Lipinski definition) is 3. The molecule has 0 bridgehead atoms. The molecule has 0 aromatic carbocycles. The van der Waals surface area contributed by atoms with Crippen molar-refractivity contribution in [1.82, 2.24) is 5.32 Å². The highest BCUT2D eigenvalue weighted by Crippen LogP contribution is 2.19. The second-order valence-corrected chi connectivity index (χ2v) is 5.21. The van der Waals surface area contributed by atoms with Crippen LogP contribution in [0.5, 0.6) is 0 Å². The first-order chi connectivity index (χ1) is 6.83. The van der Waals surface area contributed by atoms with Crippen LogP contribution >= 0.6 is 0 Å². The van der Waals surface area contributed by atoms with Crippen LogP contribution in [0.4, 0.5) is 0 Å². The second-order valence-electron chi connectivity index (χ2n) is 5.21. The molecular weight excluding hydrogens is 186 g/mol. The van der Waals surface area contributed by atoms with E-state index < -0.39 is 0 Å². The first-order valence-corrected chi connectivity index (χ1v) is 5.36. The first-order valence-electron chi connectivity index (χ1n) is 5.36. The van der Waals surface area contributed by atoms with Gasteiger partial charge in [-0.15, -0.1) is 0 Å². The summed E-state index contributed by atoms with van der Waals surface area (Å²) in [6, 6.07) is 4.32. The van der Waals surface area contributed by atoms with E-state index in [1.54, 1.807) is 0 Å². The Bertz CT molecular complexity index is 238. The lowest BCUT2D eigenvalue weighted by molar-refractivity contribution is 0.243. The molecule has 0 aliphatic rings. The molecule has 3 nitrogen and oxygen atoms in total. The molecule has 0 aromatic heterocycles. The molecule has 15 heavy (non-hydrogen) atoms. The molecular formula is C12H21N3. The predicted octanol–water partition coefficient (Wildman–Crippen LogP) is 2.74. The van der Waals surface area contributed by atoms with Crippen LogP contribution in [0.15, 0.2) is 0 Å². The Hall–Kier alpha value is -1.06. The Labute approximate surface area is 93.1 Å². The predicted molar refractivity (Wildman–Crippen MR) is 61.0 cm³/mol. The van der Waals surface area contributed by atoms with Crippen LogP contribution < -0.4 is 5.32 Å². The monoisotopic (exact) mass is 207 g/mol. The fraction of sp³-hybridized carbons (Fsp3) is 0.833. The zero-order valence-corrected chi connectivity index (χ0v) is 10.2. The van der Waals surface area contributed by atoms with E-state index in [0.717, 1.165) is 12.8 Å². The van der Waals surface area contributed by atoms with Gasteiger partial charge in [0.15, 0.2) is 0 Å². The van der Waals surface area contributed by atoms with E-state index in [9.17, 15) is 0 Å². The zero-order chi connectivity index (χ0) is 11.9. The number of hydrogen-bond donors (Lipinski definition) is 1. The maximum absolute atomic E-state index is 8.55. The van der Waals surface area contributed by atoms with Crippen molar-refractivity contribution >= 4 is 0 Å². The SMILES string of the molecule is CC(C)(CCC#N)NC(C)(C)CCC#N. The van der Waals surface area contributed by atoms with Crippen molar-refractivity contribution in [1.29, 1.82) is 10.5 Å². The van der Waals surface area contributed by atoms with Crippen molar-refractivity contribution in [3.05, 3.63) is 0 Å². The summed E-state index contributed by atoms with van der Waals surface area (Å²) in [5.74, 6) is 0. The molecule has 0 rings (SSSR count). The highest BCUT2D eigenvalue weighted by molar-refractivity contribution is 4.91. The van der Waals surface area contributed by atoms with Gasteiger partial charge in [0, 0.05) is 23.9 Å². The standard InChI is InChI=1S/C12H21N3/c1-11(2,7-5-9-13)15-12(3,4)8-6-10-14/h15H,5-8H2,1-4H3. The minimum Gasteiger partial charge on any atom is -0.307 e. The van der Waals surface area contributed by atoms with Gasteiger partial charge in [-0.05, 0) is 40.5 Å². The summed E-state index contributed by atoms with van der Waals surface area (Å²) in [6.45, 7) is 8.38. The molecule has 0 aromatic rings. The second kappa shape index (κ2) is 5.73. The molecule has 0 heterocycles. The Balaban J connectivity index is 4.18. The van der Waals surface area contributed by atoms with Crippen molar-refractivity contribution in [3.63, 3.8) is 0 Å². The fourth-order valence-corrected chi connectivity index (χ4v) is 1.78. The van der Waals surface area contributed by atoms with E-state index in [4.69, 9.17) is 10.5 Å². The Morgan fingerprint density at radius 2 is 1.20 bits per heavy atom. The summed E-state index contributed by atoms with van der Waals surface area (Å²) in [5, 5.41) is 20.6. The number of nitrogens with zero attached hydrogens (tertiary/aromatic N) is 2. The molecule has 0 atom stereocenters. The third-order valence-electron chi connectivity index (χ3n) is 2.40. The molecule has 0 spiro atoms. The minimum atomic E-state index is -0.0469. The smallest absolute Gasteiger partial charge is 0.0622 e. The van der Waals surface area contributed by atoms with Gasteiger partial charge in [0.25, 0.3) is 0 Å². The molecule has 0 fully saturated rings. The highest BCUT2D eigenvalue weighted by atomic mass is 15.0. The van der Waals surface area contributed by atoms with Gasteiger partial charge in [-0.1, -0.05) is 0 Å². The summed E-state index contributed by atoms with van der Waals surface area (Å²) in [4.78, 5) is 0. The molecule has 3 heteroatoms. The van der Waals surface area contributed by atoms with Gasteiger partial charge in [-0.25, -0.2) is 0 Å². The van der Waals surface area contributed by atoms with Crippen LogP contribution in [0.25, 0.3) is 0 Å². The van der Waals surface area contributed by atoms with Crippen molar-refractivity contribution < 1.29 is 0 Å². The quantitative estimate of drug-likeness (QED) is 0.728. The van der Waals surface area contributed by atoms with E-state index in [-0.39, 0.29) is 11.1 Å². The normalized spacial score (nSPS) is 11.9. The summed E-state index contributed by atoms with van der Waals surface area (Å²) in [5.41, 5.74) is -0.0939. The van der Waals surface area contributed by atoms with Gasteiger partial charge < -0.3 is 5.32 Å². The van der Waals surface area contributed by atoms with Crippen LogP contribution in [0.2, 0.25) is 0 Å². The van der Waals surface area contributed by atoms with Crippen molar-refractivity contribution in [2.24, 2.45) is 0 Å². The van der Waals surface area contributed by atoms with Crippen LogP contribution in [0, 0.1) is 22.7 Å². The van der Waals surface area contributed by atoms with Crippen LogP contribution in [-0.2, 0) is 0 Å². The zero-order valence-electron chi connectivity index (χ0n) is 10.2. The maximum atomic E-state index is 8.55. The van der Waals surface area contributed by atoms with E-state index in [0.29, 0.717) is 12.8 Å². The maximum Gasteiger partial charge on any atom is 0.0622 e. The molecule has 1 N–H and O–H groups in total. The largest absolute Gasteiger partial charge is 0.307 e. The van der Waals surface area contributed by atoms with Crippen LogP contribution in [0.1, 0.15) is 53.4 Å². The summed E-state index contributed by atoms with van der Waals surface area (Å²) in [7, 11) is 0. The lowest BCUT2D eigenvalue weighted by Gasteiger charge is -2.36. The molecule has 84 valence electrons. The van der Waals surface area contributed by atoms with Crippen molar-refractivity contribution in [3.8, 4) is 12.1 Å². The number of nitriles is 2. The Morgan fingerprint density at radius 1 is 0.867 bits per heavy atom. The van der Waals surface area contributed by atoms with Crippen molar-refractivity contribution in [2.45, 2.75) is 64.5 Å². The van der Waals surface area contributed by atoms with Crippen molar-refractivity contribution in [2.75, 3.05) is 0 Å². The van der Waals surface area contributed by atoms with E-state index in [2.05, 4.69) is 45.2 Å². The van der Waals surface area contributed by atoms with Gasteiger partial charge in [0.05, 0.1) is 12.1 Å². The van der Waals surface area contributed by atoms with Crippen LogP contribution in [0.3, 0.4) is 0 Å². The Morgan fingerprint density at radius 3 is 1.47 bits per heavy atom. The van der Waals surface area contributed by atoms with Gasteiger partial charge in [-0.3, -0.25) is 0 Å². The third kappa shape index (κ3) is 6.94. The van der Waals surface area contributed by atoms with Gasteiger partial charge in [0.1, 0.15) is 0 Å². The topological polar surface area (TPSA) is 59.6 Å². The first kappa shape index (κ1) is 13.9. The summed E-state index contributed by atoms with van der Waals surface area (Å²) in [6.07, 6.45) is 2.79. The average molecular weight is 207 g/mol. The van der Waals surface area contributed by atoms with Gasteiger partial charge in [-0.2, -0.15) is 10.5 Å². The molecule has 0 radical (unpaired) electrons. The van der Waals surface area contributed by atoms with Gasteiger partial charge >= 0.3 is 0 Å². The van der Waals surface area contributed by atoms with Crippen LogP contribution in [-0.4, -0.2) is 11.1 Å². The lowest BCUT2D eigenvalue weighted by Crippen LogP contribution is -2.51. The summed E-state index contributed by atoms with van der Waals surface area (Å²) < 4.78 is 0. The third-order valence-corrected chi connectivity index (χ3v) is 2.40. The molecule has 0 aliphatic carbocycles. The fourth-order valence-electron chi connectivity index (χ4n) is 1.78. The lowest BCUT2D eigenvalue weighted by atomic mass is 9.90. The summed E-state index contributed by atoms with van der Waals surface area (Å²) >= 11 is 0. The van der Waals surface area contributed by atoms with E-state index >= 15 is 0 Å². The highest BCUT2D eigenvalue weighted by Gasteiger charge is 2.26. The van der Waals surface area contributed by atoms with Gasteiger partial charge in [0.2, 0.25) is 0 Å². The van der Waals surface area contributed by atoms with E-state index in [1.165, 1.54) is 0 Å². The number of nitrogens with one attached hydrogen (secondary N) is 1. The molecule has 0 saturated carbocycles. The molecule has 0 aliphatic heterocycles. The van der Waals surface area contributed by atoms with E-state index in [1.807, 2.05) is 0 Å². The minimum absolute atomic E-state index is 0.0469. The molecule has 0 unspecified atom stereocenters. The molecule has 0 amide bonds. The molecule has 0 saturated heterocycles. The number of rotatable bonds is 6.